The molecule has 6 bridgehead atoms. The fraction of sp³-hybridized carbons (Fsp3) is 0.182. The van der Waals surface area contributed by atoms with Gasteiger partial charge in [-0.2, -0.15) is 0 Å². The molecule has 5 rings (SSSR count). The number of anilines is 1. The maximum Gasteiger partial charge on any atom is 0.265 e. The number of sulfonamides is 1. The molecule has 3 aromatic carbocycles. The molecule has 2 aliphatic rings. The number of rotatable bonds is 1. The average Bonchev–Trinajstić information content (AvgIpc) is 3.11. The molecule has 2 heterocycles. The zero-order chi connectivity index (χ0) is 21.9. The quantitative estimate of drug-likeness (QED) is 0.557. The monoisotopic (exact) mass is 462 g/mol. The topological polar surface area (TPSA) is 58.6 Å². The number of halogens is 3. The highest BCUT2D eigenvalue weighted by molar-refractivity contribution is 7.92. The van der Waals surface area contributed by atoms with Gasteiger partial charge >= 0.3 is 0 Å². The number of hydrogen-bond donors (Lipinski definition) is 1. The molecule has 9 heteroatoms. The van der Waals surface area contributed by atoms with Crippen LogP contribution in [-0.2, 0) is 29.7 Å². The number of nitrogens with zero attached hydrogens (tertiary/aromatic N) is 1. The van der Waals surface area contributed by atoms with Gasteiger partial charge in [0.25, 0.3) is 10.0 Å². The van der Waals surface area contributed by atoms with Crippen molar-refractivity contribution in [3.8, 4) is 16.9 Å². The molecule has 0 saturated carbocycles. The van der Waals surface area contributed by atoms with Crippen molar-refractivity contribution in [2.75, 3.05) is 11.8 Å². The van der Waals surface area contributed by atoms with Crippen LogP contribution < -0.4 is 9.46 Å². The largest absolute Gasteiger partial charge is 0.494 e. The van der Waals surface area contributed by atoms with E-state index in [9.17, 15) is 17.2 Å². The summed E-state index contributed by atoms with van der Waals surface area (Å²) in [6.45, 7) is 1.58. The maximum absolute atomic E-state index is 14.8. The lowest BCUT2D eigenvalue weighted by molar-refractivity contribution is 0.275. The summed E-state index contributed by atoms with van der Waals surface area (Å²) in [5.41, 5.74) is 3.03. The molecule has 1 unspecified atom stereocenters. The van der Waals surface area contributed by atoms with Crippen LogP contribution in [0.15, 0.2) is 47.4 Å². The van der Waals surface area contributed by atoms with Crippen molar-refractivity contribution in [2.45, 2.75) is 24.5 Å². The van der Waals surface area contributed by atoms with Crippen LogP contribution in [0.5, 0.6) is 5.75 Å². The van der Waals surface area contributed by atoms with Gasteiger partial charge in [-0.1, -0.05) is 29.8 Å². The molecule has 0 aromatic heterocycles. The van der Waals surface area contributed by atoms with Gasteiger partial charge in [-0.3, -0.25) is 9.62 Å². The van der Waals surface area contributed by atoms with Crippen LogP contribution in [0.1, 0.15) is 16.7 Å². The Balaban J connectivity index is 1.80. The first-order valence-corrected chi connectivity index (χ1v) is 11.3. The molecule has 0 amide bonds. The lowest BCUT2D eigenvalue weighted by Gasteiger charge is -2.18. The van der Waals surface area contributed by atoms with Crippen LogP contribution in [0.3, 0.4) is 0 Å². The third-order valence-electron chi connectivity index (χ3n) is 5.61. The molecule has 1 N–H and O–H groups in total. The molecule has 2 aliphatic heterocycles. The van der Waals surface area contributed by atoms with Gasteiger partial charge < -0.3 is 4.74 Å². The first-order chi connectivity index (χ1) is 14.8. The van der Waals surface area contributed by atoms with Crippen molar-refractivity contribution in [2.24, 2.45) is 0 Å². The van der Waals surface area contributed by atoms with E-state index in [-0.39, 0.29) is 26.9 Å². The Morgan fingerprint density at radius 2 is 1.84 bits per heavy atom. The van der Waals surface area contributed by atoms with E-state index in [2.05, 4.69) is 9.62 Å². The highest BCUT2D eigenvalue weighted by Crippen LogP contribution is 2.40. The molecule has 0 saturated heterocycles. The summed E-state index contributed by atoms with van der Waals surface area (Å²) in [6.07, 6.45) is 0. The summed E-state index contributed by atoms with van der Waals surface area (Å²) in [7, 11) is -2.97. The zero-order valence-corrected chi connectivity index (χ0v) is 17.9. The van der Waals surface area contributed by atoms with Crippen molar-refractivity contribution in [1.29, 1.82) is 0 Å². The summed E-state index contributed by atoms with van der Waals surface area (Å²) in [6, 6.07) is 10.6. The molecule has 0 radical (unpaired) electrons. The van der Waals surface area contributed by atoms with Gasteiger partial charge in [-0.05, 0) is 40.5 Å². The van der Waals surface area contributed by atoms with E-state index in [1.807, 2.05) is 12.1 Å². The Morgan fingerprint density at radius 1 is 1.03 bits per heavy atom. The minimum absolute atomic E-state index is 0.0407. The van der Waals surface area contributed by atoms with Crippen LogP contribution in [0.2, 0.25) is 5.02 Å². The molecule has 160 valence electrons. The van der Waals surface area contributed by atoms with Gasteiger partial charge in [0.05, 0.1) is 17.8 Å². The highest BCUT2D eigenvalue weighted by atomic mass is 35.5. The summed E-state index contributed by atoms with van der Waals surface area (Å²) in [4.78, 5) is 1.90. The van der Waals surface area contributed by atoms with Gasteiger partial charge in [-0.25, -0.2) is 17.2 Å². The molecule has 1 atom stereocenters. The molecule has 0 spiro atoms. The van der Waals surface area contributed by atoms with E-state index in [0.29, 0.717) is 36.8 Å². The Bertz CT molecular complexity index is 1350. The summed E-state index contributed by atoms with van der Waals surface area (Å²) >= 11 is 6.32. The molecular weight excluding hydrogens is 446 g/mol. The standard InChI is InChI=1S/C22H17ClF2N2O3S/c1-30-22-17(23)5-12-6-21(22)31(28,29)26-20-7-15(18(24)8-19(20)25)14-4-2-3-13-10-27(9-12)11-16(13)14/h2-8,26H,9-11H2,1H3. The number of methoxy groups -OCH3 is 1. The number of hydrogen-bond acceptors (Lipinski definition) is 4. The Hall–Kier alpha value is -2.68. The molecule has 0 fully saturated rings. The van der Waals surface area contributed by atoms with Gasteiger partial charge in [0.15, 0.2) is 5.75 Å². The Labute approximate surface area is 183 Å². The van der Waals surface area contributed by atoms with Gasteiger partial charge in [-0.15, -0.1) is 0 Å². The van der Waals surface area contributed by atoms with Crippen molar-refractivity contribution in [1.82, 2.24) is 4.90 Å². The van der Waals surface area contributed by atoms with Gasteiger partial charge in [0.1, 0.15) is 16.5 Å². The van der Waals surface area contributed by atoms with Crippen molar-refractivity contribution >= 4 is 27.3 Å². The second kappa shape index (κ2) is 7.19. The number of nitrogens with one attached hydrogen (secondary N) is 1. The average molecular weight is 463 g/mol. The van der Waals surface area contributed by atoms with E-state index < -0.39 is 21.7 Å². The minimum Gasteiger partial charge on any atom is -0.494 e. The van der Waals surface area contributed by atoms with Gasteiger partial charge in [0, 0.05) is 31.3 Å². The molecular formula is C22H17ClF2N2O3S. The van der Waals surface area contributed by atoms with E-state index in [0.717, 1.165) is 11.1 Å². The number of fused-ring (bicyclic) bond motifs is 6. The first kappa shape index (κ1) is 20.2. The van der Waals surface area contributed by atoms with E-state index in [1.54, 1.807) is 12.1 Å². The second-order valence-corrected chi connectivity index (χ2v) is 9.67. The van der Waals surface area contributed by atoms with Crippen LogP contribution in [0.25, 0.3) is 11.1 Å². The maximum atomic E-state index is 14.8. The molecule has 0 aliphatic carbocycles. The third kappa shape index (κ3) is 3.35. The van der Waals surface area contributed by atoms with Crippen molar-refractivity contribution in [3.05, 3.63) is 75.8 Å². The molecule has 31 heavy (non-hydrogen) atoms. The summed E-state index contributed by atoms with van der Waals surface area (Å²) < 4.78 is 63.1. The molecule has 5 nitrogen and oxygen atoms in total. The predicted molar refractivity (Wildman–Crippen MR) is 114 cm³/mol. The fourth-order valence-corrected chi connectivity index (χ4v) is 5.93. The highest BCUT2D eigenvalue weighted by Gasteiger charge is 2.29. The second-order valence-electron chi connectivity index (χ2n) is 7.61. The lowest BCUT2D eigenvalue weighted by Crippen LogP contribution is -2.18. The predicted octanol–water partition coefficient (Wildman–Crippen LogP) is 4.92. The smallest absolute Gasteiger partial charge is 0.265 e. The van der Waals surface area contributed by atoms with Crippen LogP contribution in [0, 0.1) is 11.6 Å². The van der Waals surface area contributed by atoms with Crippen LogP contribution in [-0.4, -0.2) is 20.4 Å². The van der Waals surface area contributed by atoms with Gasteiger partial charge in [0.2, 0.25) is 0 Å². The summed E-state index contributed by atoms with van der Waals surface area (Å²) in [5.74, 6) is -1.82. The van der Waals surface area contributed by atoms with Crippen molar-refractivity contribution in [3.63, 3.8) is 0 Å². The first-order valence-electron chi connectivity index (χ1n) is 9.48. The summed E-state index contributed by atoms with van der Waals surface area (Å²) in [5, 5.41) is 0.132. The van der Waals surface area contributed by atoms with Crippen LogP contribution in [0.4, 0.5) is 14.5 Å². The SMILES string of the molecule is COc1c(Cl)cc2cc1S(=O)(=O)Nc1cc(c(F)cc1F)-c1cccc3c1CN(C2)C3. The Kier molecular flexibility index (Phi) is 4.69. The van der Waals surface area contributed by atoms with E-state index in [1.165, 1.54) is 19.2 Å². The molecule has 3 aromatic rings. The minimum atomic E-state index is -4.28. The van der Waals surface area contributed by atoms with Crippen LogP contribution >= 0.6 is 11.6 Å². The zero-order valence-electron chi connectivity index (χ0n) is 16.4. The third-order valence-corrected chi connectivity index (χ3v) is 7.26. The van der Waals surface area contributed by atoms with Crippen molar-refractivity contribution < 1.29 is 21.9 Å². The number of ether oxygens (including phenoxy) is 1. The fourth-order valence-electron chi connectivity index (χ4n) is 4.26. The van der Waals surface area contributed by atoms with E-state index >= 15 is 0 Å². The normalized spacial score (nSPS) is 18.4. The Morgan fingerprint density at radius 3 is 2.61 bits per heavy atom. The number of benzene rings is 3. The van der Waals surface area contributed by atoms with E-state index in [4.69, 9.17) is 16.3 Å². The lowest BCUT2D eigenvalue weighted by atomic mass is 9.96.